The van der Waals surface area contributed by atoms with Gasteiger partial charge in [-0.25, -0.2) is 4.79 Å². The summed E-state index contributed by atoms with van der Waals surface area (Å²) in [5.41, 5.74) is 14.7. The number of amides is 1. The molecule has 1 aliphatic carbocycles. The molecule has 9 aromatic carbocycles. The molecule has 107 heavy (non-hydrogen) atoms. The number of Topliss-reactive ketones (excluding diaryl/α,β-unsaturated/α-hetero) is 4. The Labute approximate surface area is 624 Å². The minimum atomic E-state index is -1.78. The van der Waals surface area contributed by atoms with E-state index in [4.69, 9.17) is 42.4 Å². The van der Waals surface area contributed by atoms with Gasteiger partial charge in [-0.15, -0.1) is 0 Å². The van der Waals surface area contributed by atoms with Crippen molar-refractivity contribution in [3.05, 3.63) is 301 Å². The third kappa shape index (κ3) is 19.4. The summed E-state index contributed by atoms with van der Waals surface area (Å²) in [7, 11) is 3.91. The summed E-state index contributed by atoms with van der Waals surface area (Å²) in [6.07, 6.45) is 14.8. The van der Waals surface area contributed by atoms with Crippen LogP contribution in [0, 0.1) is 0 Å². The van der Waals surface area contributed by atoms with Crippen LogP contribution in [-0.4, -0.2) is 91.1 Å². The normalized spacial score (nSPS) is 11.8. The molecule has 0 fully saturated rings. The average Bonchev–Trinajstić information content (AvgIpc) is 1.64. The molecule has 1 aliphatic heterocycles. The first-order valence-electron chi connectivity index (χ1n) is 34.4. The first-order valence-corrected chi connectivity index (χ1v) is 37.8. The summed E-state index contributed by atoms with van der Waals surface area (Å²) in [6, 6.07) is 77.4. The number of hydrogen-bond donors (Lipinski definition) is 1. The molecule has 0 radical (unpaired) electrons. The Kier molecular flexibility index (Phi) is 28.4. The van der Waals surface area contributed by atoms with E-state index in [1.165, 1.54) is 28.6 Å². The van der Waals surface area contributed by atoms with Crippen molar-refractivity contribution in [2.75, 3.05) is 19.8 Å². The summed E-state index contributed by atoms with van der Waals surface area (Å²) in [6.45, 7) is 6.72. The van der Waals surface area contributed by atoms with Gasteiger partial charge in [-0.3, -0.25) is 28.8 Å². The van der Waals surface area contributed by atoms with Crippen LogP contribution in [0.15, 0.2) is 281 Å². The molecule has 1 amide bonds. The zero-order valence-corrected chi connectivity index (χ0v) is 62.6. The molecule has 0 saturated carbocycles. The van der Waals surface area contributed by atoms with Crippen LogP contribution in [0.25, 0.3) is 65.9 Å². The van der Waals surface area contributed by atoms with Gasteiger partial charge in [-0.1, -0.05) is 221 Å². The van der Waals surface area contributed by atoms with Gasteiger partial charge in [0.25, 0.3) is 5.78 Å². The zero-order valence-electron chi connectivity index (χ0n) is 60.0. The number of rotatable bonds is 13. The van der Waals surface area contributed by atoms with Crippen LogP contribution < -0.4 is 26.4 Å². The molecule has 0 saturated heterocycles. The molecule has 0 spiro atoms. The summed E-state index contributed by atoms with van der Waals surface area (Å²) >= 11 is -1.62. The van der Waals surface area contributed by atoms with Gasteiger partial charge >= 0.3 is 34.4 Å². The van der Waals surface area contributed by atoms with Gasteiger partial charge < -0.3 is 42.3 Å². The van der Waals surface area contributed by atoms with E-state index in [0.717, 1.165) is 54.9 Å². The van der Waals surface area contributed by atoms with Crippen molar-refractivity contribution in [2.24, 2.45) is 19.8 Å². The Morgan fingerprint density at radius 2 is 0.897 bits per heavy atom. The number of carbonyl (C=O) groups is 7. The van der Waals surface area contributed by atoms with Crippen molar-refractivity contribution >= 4 is 151 Å². The molecule has 0 unspecified atom stereocenters. The van der Waals surface area contributed by atoms with E-state index in [9.17, 15) is 33.6 Å². The van der Waals surface area contributed by atoms with Crippen molar-refractivity contribution in [2.45, 2.75) is 53.4 Å². The number of esters is 2. The number of aryl methyl sites for hydroxylation is 2. The van der Waals surface area contributed by atoms with E-state index >= 15 is 0 Å². The van der Waals surface area contributed by atoms with Crippen molar-refractivity contribution in [1.29, 1.82) is 0 Å². The van der Waals surface area contributed by atoms with Crippen molar-refractivity contribution in [3.63, 3.8) is 0 Å². The fraction of sp³-hybridized carbons (Fsp3) is 0.149. The molecule has 544 valence electrons. The number of nitrogens with two attached hydrogens (primary N) is 1. The minimum absolute atomic E-state index is 0.0793. The number of furan rings is 3. The van der Waals surface area contributed by atoms with Gasteiger partial charge in [-0.05, 0) is 84.7 Å². The Morgan fingerprint density at radius 3 is 1.45 bits per heavy atom. The molecule has 5 aromatic heterocycles. The average molecular weight is 1520 g/mol. The van der Waals surface area contributed by atoms with E-state index in [0.29, 0.717) is 57.6 Å². The van der Waals surface area contributed by atoms with Gasteiger partial charge in [0.05, 0.1) is 56.1 Å². The van der Waals surface area contributed by atoms with E-state index in [-0.39, 0.29) is 60.8 Å². The Hall–Kier alpha value is -12.3. The van der Waals surface area contributed by atoms with Crippen LogP contribution in [0.3, 0.4) is 0 Å². The number of primary amides is 1. The number of hydrogen-bond acceptors (Lipinski definition) is 15. The number of carbonyl (C=O) groups excluding carboxylic acids is 7. The van der Waals surface area contributed by atoms with Crippen molar-refractivity contribution < 1.29 is 68.7 Å². The van der Waals surface area contributed by atoms with E-state index in [2.05, 4.69) is 110 Å². The predicted octanol–water partition coefficient (Wildman–Crippen LogP) is 15.8. The standard InChI is InChI=1S/C22H15NO3.C19H17P.C12H10O4.C12H12O3.C11H12N2O.C8H6O2.C3H8.O2Se/c1-23-11-15(13-6-2-4-8-17(13)23)21-18(24)10-19(25)22(21)16-12-26-20-9-5-3-7-14(16)20;1-20(17-11-5-2-6-12-17,18-13-7-3-8-14-18)19-15-9-4-10-16-19;1-2-15-12(14)11(13)9-7-16-10-6-4-3-5-8(9)10;1-2-14-12(13)7-9-8-15-11-6-4-3-5-10(9)11;1-13-7-8(6-11(12)14)9-4-2-3-5-10(9)13;9-7-5-10-8-4-2-1-3-6(7)8;2*1-3-2/h2-9,11-12H,10H2,1H3;2-16H,1H2;3-7H,2H2,1H3;3-6,8H,2,7H2,1H3;2-5,7H,6H2,1H3,(H2,12,14);1-4H,5H2;3H2,1-2H3;. The SMILES string of the molecule is C=P(c1ccccc1)(c1ccccc1)c1ccccc1.CCC.CCOC(=O)C(=O)c1coc2ccccc12.CCOC(=O)Cc1coc2ccccc12.Cn1cc(C2=C(c3coc4ccccc34)C(=O)CC2=O)c2ccccc21.Cn1cc(CC(N)=O)c2ccccc21.O=C1COc2ccccc21.O=[Se]=O. The molecule has 20 heteroatoms. The fourth-order valence-electron chi connectivity index (χ4n) is 12.2. The van der Waals surface area contributed by atoms with Gasteiger partial charge in [0.15, 0.2) is 18.2 Å². The quantitative estimate of drug-likeness (QED) is 0.0281. The number of benzene rings is 9. The summed E-state index contributed by atoms with van der Waals surface area (Å²) in [5, 5.41) is 8.48. The Morgan fingerprint density at radius 1 is 0.467 bits per heavy atom. The first-order chi connectivity index (χ1) is 51.9. The number of para-hydroxylation sites is 6. The number of aromatic nitrogens is 2. The third-order valence-corrected chi connectivity index (χ3v) is 20.5. The predicted molar refractivity (Wildman–Crippen MR) is 422 cm³/mol. The van der Waals surface area contributed by atoms with Gasteiger partial charge in [0.2, 0.25) is 11.7 Å². The molecule has 16 rings (SSSR count). The van der Waals surface area contributed by atoms with E-state index in [1.54, 1.807) is 62.8 Å². The number of fused-ring (bicyclic) bond motifs is 6. The van der Waals surface area contributed by atoms with Crippen LogP contribution in [0.5, 0.6) is 5.75 Å². The third-order valence-electron chi connectivity index (χ3n) is 16.9. The van der Waals surface area contributed by atoms with E-state index < -0.39 is 33.5 Å². The molecular formula is C87H80N3O15PSe. The maximum atomic E-state index is 12.8. The molecular weight excluding hydrogens is 1440 g/mol. The number of allylic oxidation sites excluding steroid dienone is 2. The second-order valence-electron chi connectivity index (χ2n) is 24.2. The molecule has 0 atom stereocenters. The molecule has 14 aromatic rings. The van der Waals surface area contributed by atoms with E-state index in [1.807, 2.05) is 145 Å². The monoisotopic (exact) mass is 1520 g/mol. The molecule has 18 nitrogen and oxygen atoms in total. The molecule has 6 heterocycles. The fourth-order valence-corrected chi connectivity index (χ4v) is 15.1. The van der Waals surface area contributed by atoms with Crippen LogP contribution in [0.2, 0.25) is 0 Å². The van der Waals surface area contributed by atoms with Gasteiger partial charge in [0, 0.05) is 92.3 Å². The number of ketones is 4. The Bertz CT molecular complexity index is 5460. The number of nitrogens with zero attached hydrogens (tertiary/aromatic N) is 2. The van der Waals surface area contributed by atoms with Crippen molar-refractivity contribution in [3.8, 4) is 5.75 Å². The maximum absolute atomic E-state index is 12.8. The summed E-state index contributed by atoms with van der Waals surface area (Å²) in [4.78, 5) is 81.5. The summed E-state index contributed by atoms with van der Waals surface area (Å²) in [5.74, 6) is -1.52. The molecule has 2 N–H and O–H groups in total. The molecule has 0 bridgehead atoms. The first kappa shape index (κ1) is 78.9. The Balaban J connectivity index is 0.000000149. The van der Waals surface area contributed by atoms with Crippen LogP contribution in [0.1, 0.15) is 83.5 Å². The van der Waals surface area contributed by atoms with Crippen LogP contribution in [0.4, 0.5) is 0 Å². The van der Waals surface area contributed by atoms with Crippen LogP contribution in [-0.2, 0) is 68.1 Å². The van der Waals surface area contributed by atoms with Gasteiger partial charge in [-0.2, -0.15) is 0 Å². The topological polar surface area (TPSA) is 257 Å². The summed E-state index contributed by atoms with van der Waals surface area (Å²) < 4.78 is 51.6. The second kappa shape index (κ2) is 38.5. The van der Waals surface area contributed by atoms with Gasteiger partial charge in [0.1, 0.15) is 28.8 Å². The second-order valence-corrected chi connectivity index (χ2v) is 27.7. The number of ether oxygens (including phenoxy) is 3. The molecule has 2 aliphatic rings. The van der Waals surface area contributed by atoms with Crippen molar-refractivity contribution in [1.82, 2.24) is 9.13 Å². The zero-order chi connectivity index (χ0) is 76.4. The van der Waals surface area contributed by atoms with Crippen LogP contribution >= 0.6 is 6.89 Å².